The van der Waals surface area contributed by atoms with Crippen molar-refractivity contribution in [1.82, 2.24) is 9.97 Å². The summed E-state index contributed by atoms with van der Waals surface area (Å²) in [4.78, 5) is 23.6. The van der Waals surface area contributed by atoms with Gasteiger partial charge in [0.1, 0.15) is 21.7 Å². The number of aromatic nitrogens is 2. The standard InChI is InChI=1S/C23H17N3O3S2/c1-28-17-9-10-18(29-2)21-20(17)25-23(31-21)26-22(27)14-12-16(19-8-5-11-30-19)24-15-7-4-3-6-13(14)15/h3-12H,1-2H3,(H,25,26,27). The van der Waals surface area contributed by atoms with Crippen LogP contribution in [-0.2, 0) is 0 Å². The largest absolute Gasteiger partial charge is 0.495 e. The Morgan fingerprint density at radius 2 is 1.77 bits per heavy atom. The number of thiophene rings is 1. The van der Waals surface area contributed by atoms with Crippen molar-refractivity contribution in [2.75, 3.05) is 19.5 Å². The number of pyridine rings is 1. The Kier molecular flexibility index (Phi) is 5.01. The Morgan fingerprint density at radius 1 is 0.968 bits per heavy atom. The molecule has 0 aliphatic carbocycles. The van der Waals surface area contributed by atoms with E-state index in [4.69, 9.17) is 14.5 Å². The molecule has 8 heteroatoms. The zero-order valence-corrected chi connectivity index (χ0v) is 18.3. The van der Waals surface area contributed by atoms with Crippen LogP contribution in [-0.4, -0.2) is 30.1 Å². The van der Waals surface area contributed by atoms with Gasteiger partial charge in [-0.2, -0.15) is 0 Å². The van der Waals surface area contributed by atoms with Gasteiger partial charge >= 0.3 is 0 Å². The Labute approximate surface area is 186 Å². The molecule has 1 N–H and O–H groups in total. The number of hydrogen-bond donors (Lipinski definition) is 1. The Morgan fingerprint density at radius 3 is 2.55 bits per heavy atom. The van der Waals surface area contributed by atoms with Crippen molar-refractivity contribution in [1.29, 1.82) is 0 Å². The summed E-state index contributed by atoms with van der Waals surface area (Å²) in [6.45, 7) is 0. The fraction of sp³-hybridized carbons (Fsp3) is 0.0870. The summed E-state index contributed by atoms with van der Waals surface area (Å²) in [7, 11) is 3.20. The van der Waals surface area contributed by atoms with Crippen molar-refractivity contribution in [2.24, 2.45) is 0 Å². The number of nitrogens with one attached hydrogen (secondary N) is 1. The fourth-order valence-corrected chi connectivity index (χ4v) is 5.07. The first kappa shape index (κ1) is 19.5. The second-order valence-corrected chi connectivity index (χ2v) is 8.62. The number of anilines is 1. The number of para-hydroxylation sites is 1. The monoisotopic (exact) mass is 447 g/mol. The Balaban J connectivity index is 1.58. The molecule has 5 aromatic rings. The molecule has 0 saturated carbocycles. The molecule has 0 spiro atoms. The number of carbonyl (C=O) groups is 1. The number of carbonyl (C=O) groups excluding carboxylic acids is 1. The average Bonchev–Trinajstić information content (AvgIpc) is 3.48. The van der Waals surface area contributed by atoms with Gasteiger partial charge in [0.15, 0.2) is 5.13 Å². The minimum Gasteiger partial charge on any atom is -0.495 e. The lowest BCUT2D eigenvalue weighted by atomic mass is 10.1. The van der Waals surface area contributed by atoms with Crippen LogP contribution in [0.1, 0.15) is 10.4 Å². The van der Waals surface area contributed by atoms with Gasteiger partial charge in [0.05, 0.1) is 35.9 Å². The van der Waals surface area contributed by atoms with Gasteiger partial charge in [0.2, 0.25) is 0 Å². The van der Waals surface area contributed by atoms with Gasteiger partial charge in [-0.25, -0.2) is 9.97 Å². The van der Waals surface area contributed by atoms with E-state index >= 15 is 0 Å². The van der Waals surface area contributed by atoms with E-state index in [1.54, 1.807) is 31.6 Å². The number of nitrogens with zero attached hydrogens (tertiary/aromatic N) is 2. The van der Waals surface area contributed by atoms with Crippen molar-refractivity contribution >= 4 is 54.8 Å². The summed E-state index contributed by atoms with van der Waals surface area (Å²) in [5, 5.41) is 6.20. The highest BCUT2D eigenvalue weighted by Crippen LogP contribution is 2.39. The molecule has 0 aliphatic rings. The maximum Gasteiger partial charge on any atom is 0.258 e. The third kappa shape index (κ3) is 3.49. The Hall–Kier alpha value is -3.49. The molecule has 0 aliphatic heterocycles. The number of amides is 1. The summed E-state index contributed by atoms with van der Waals surface area (Å²) < 4.78 is 11.7. The highest BCUT2D eigenvalue weighted by atomic mass is 32.1. The summed E-state index contributed by atoms with van der Waals surface area (Å²) in [5.74, 6) is 1.07. The molecule has 2 aromatic carbocycles. The molecule has 0 atom stereocenters. The van der Waals surface area contributed by atoms with E-state index in [0.29, 0.717) is 27.7 Å². The van der Waals surface area contributed by atoms with Crippen LogP contribution in [0.5, 0.6) is 11.5 Å². The van der Waals surface area contributed by atoms with E-state index in [1.165, 1.54) is 11.3 Å². The van der Waals surface area contributed by atoms with Crippen LogP contribution in [0, 0.1) is 0 Å². The number of benzene rings is 2. The van der Waals surface area contributed by atoms with E-state index < -0.39 is 0 Å². The highest BCUT2D eigenvalue weighted by Gasteiger charge is 2.18. The lowest BCUT2D eigenvalue weighted by molar-refractivity contribution is 0.102. The van der Waals surface area contributed by atoms with E-state index in [0.717, 1.165) is 26.2 Å². The lowest BCUT2D eigenvalue weighted by Gasteiger charge is -2.08. The van der Waals surface area contributed by atoms with Gasteiger partial charge in [-0.3, -0.25) is 10.1 Å². The maximum absolute atomic E-state index is 13.3. The molecule has 0 radical (unpaired) electrons. The topological polar surface area (TPSA) is 73.3 Å². The smallest absolute Gasteiger partial charge is 0.258 e. The molecular weight excluding hydrogens is 430 g/mol. The van der Waals surface area contributed by atoms with Crippen molar-refractivity contribution < 1.29 is 14.3 Å². The second kappa shape index (κ2) is 7.98. The highest BCUT2D eigenvalue weighted by molar-refractivity contribution is 7.22. The van der Waals surface area contributed by atoms with Gasteiger partial charge in [0.25, 0.3) is 5.91 Å². The van der Waals surface area contributed by atoms with Crippen LogP contribution in [0.2, 0.25) is 0 Å². The molecule has 6 nitrogen and oxygen atoms in total. The van der Waals surface area contributed by atoms with Crippen molar-refractivity contribution in [3.63, 3.8) is 0 Å². The molecule has 0 unspecified atom stereocenters. The van der Waals surface area contributed by atoms with E-state index in [1.807, 2.05) is 53.9 Å². The van der Waals surface area contributed by atoms with E-state index in [9.17, 15) is 4.79 Å². The summed E-state index contributed by atoms with van der Waals surface area (Å²) in [6.07, 6.45) is 0. The zero-order chi connectivity index (χ0) is 21.4. The SMILES string of the molecule is COc1ccc(OC)c2sc(NC(=O)c3cc(-c4cccs4)nc4ccccc34)nc12. The van der Waals surface area contributed by atoms with Crippen molar-refractivity contribution in [3.05, 3.63) is 65.5 Å². The number of hydrogen-bond acceptors (Lipinski definition) is 7. The fourth-order valence-electron chi connectivity index (χ4n) is 3.42. The summed E-state index contributed by atoms with van der Waals surface area (Å²) >= 11 is 2.93. The molecule has 3 heterocycles. The van der Waals surface area contributed by atoms with Crippen LogP contribution in [0.15, 0.2) is 60.0 Å². The van der Waals surface area contributed by atoms with Crippen LogP contribution >= 0.6 is 22.7 Å². The zero-order valence-electron chi connectivity index (χ0n) is 16.7. The van der Waals surface area contributed by atoms with Gasteiger partial charge < -0.3 is 9.47 Å². The molecule has 3 aromatic heterocycles. The predicted octanol–water partition coefficient (Wildman–Crippen LogP) is 5.84. The number of ether oxygens (including phenoxy) is 2. The summed E-state index contributed by atoms with van der Waals surface area (Å²) in [5.41, 5.74) is 2.74. The van der Waals surface area contributed by atoms with Crippen molar-refractivity contribution in [2.45, 2.75) is 0 Å². The minimum atomic E-state index is -0.242. The molecule has 5 rings (SSSR count). The number of methoxy groups -OCH3 is 2. The lowest BCUT2D eigenvalue weighted by Crippen LogP contribution is -2.12. The molecule has 31 heavy (non-hydrogen) atoms. The first-order valence-electron chi connectivity index (χ1n) is 9.44. The minimum absolute atomic E-state index is 0.242. The van der Waals surface area contributed by atoms with Gasteiger partial charge in [-0.1, -0.05) is 35.6 Å². The molecule has 0 bridgehead atoms. The first-order valence-corrected chi connectivity index (χ1v) is 11.1. The number of rotatable bonds is 5. The van der Waals surface area contributed by atoms with E-state index in [-0.39, 0.29) is 5.91 Å². The molecular formula is C23H17N3O3S2. The molecule has 0 fully saturated rings. The summed E-state index contributed by atoms with van der Waals surface area (Å²) in [6, 6.07) is 17.1. The molecule has 0 saturated heterocycles. The van der Waals surface area contributed by atoms with Crippen molar-refractivity contribution in [3.8, 4) is 22.1 Å². The van der Waals surface area contributed by atoms with Crippen LogP contribution in [0.3, 0.4) is 0 Å². The van der Waals surface area contributed by atoms with Crippen LogP contribution < -0.4 is 14.8 Å². The van der Waals surface area contributed by atoms with Crippen LogP contribution in [0.25, 0.3) is 31.7 Å². The average molecular weight is 448 g/mol. The molecule has 1 amide bonds. The first-order chi connectivity index (χ1) is 15.2. The van der Waals surface area contributed by atoms with Crippen LogP contribution in [0.4, 0.5) is 5.13 Å². The Bertz CT molecular complexity index is 1370. The normalized spacial score (nSPS) is 11.0. The third-order valence-corrected chi connectivity index (χ3v) is 6.74. The van der Waals surface area contributed by atoms with Gasteiger partial charge in [0, 0.05) is 5.39 Å². The number of thiazole rings is 1. The third-order valence-electron chi connectivity index (χ3n) is 4.87. The van der Waals surface area contributed by atoms with E-state index in [2.05, 4.69) is 10.3 Å². The quantitative estimate of drug-likeness (QED) is 0.366. The predicted molar refractivity (Wildman–Crippen MR) is 126 cm³/mol. The molecule has 154 valence electrons. The van der Waals surface area contributed by atoms with Gasteiger partial charge in [-0.05, 0) is 35.7 Å². The maximum atomic E-state index is 13.3. The van der Waals surface area contributed by atoms with Gasteiger partial charge in [-0.15, -0.1) is 11.3 Å². The number of fused-ring (bicyclic) bond motifs is 2. The second-order valence-electron chi connectivity index (χ2n) is 6.67.